The Morgan fingerprint density at radius 3 is 2.21 bits per heavy atom. The fourth-order valence-corrected chi connectivity index (χ4v) is 2.18. The predicted molar refractivity (Wildman–Crippen MR) is 94.3 cm³/mol. The maximum atomic E-state index is 12.2. The summed E-state index contributed by atoms with van der Waals surface area (Å²) in [4.78, 5) is 16.0. The molecule has 3 rings (SSSR count). The van der Waals surface area contributed by atoms with E-state index < -0.39 is 0 Å². The Morgan fingerprint density at radius 2 is 1.54 bits per heavy atom. The number of rotatable bonds is 4. The minimum absolute atomic E-state index is 0.170. The molecular formula is C18H13ClN4O. The van der Waals surface area contributed by atoms with Crippen LogP contribution >= 0.6 is 11.6 Å². The van der Waals surface area contributed by atoms with Gasteiger partial charge in [0.15, 0.2) is 0 Å². The van der Waals surface area contributed by atoms with Gasteiger partial charge in [-0.3, -0.25) is 4.79 Å². The van der Waals surface area contributed by atoms with E-state index in [1.165, 1.54) is 6.20 Å². The van der Waals surface area contributed by atoms with Crippen LogP contribution in [0.4, 0.5) is 17.1 Å². The SMILES string of the molecule is O=C(Nc1ccc(N=Nc2ccccc2)cc1)c1cccnc1Cl. The van der Waals surface area contributed by atoms with Crippen molar-refractivity contribution in [3.63, 3.8) is 0 Å². The molecule has 1 amide bonds. The first-order valence-electron chi connectivity index (χ1n) is 7.21. The summed E-state index contributed by atoms with van der Waals surface area (Å²) in [6, 6.07) is 19.8. The molecule has 0 fully saturated rings. The van der Waals surface area contributed by atoms with E-state index in [9.17, 15) is 4.79 Å². The van der Waals surface area contributed by atoms with Gasteiger partial charge in [0, 0.05) is 11.9 Å². The molecule has 0 aliphatic heterocycles. The van der Waals surface area contributed by atoms with E-state index in [2.05, 4.69) is 20.5 Å². The van der Waals surface area contributed by atoms with Crippen molar-refractivity contribution in [2.45, 2.75) is 0 Å². The molecule has 118 valence electrons. The summed E-state index contributed by atoms with van der Waals surface area (Å²) in [6.45, 7) is 0. The lowest BCUT2D eigenvalue weighted by Gasteiger charge is -2.06. The third-order valence-electron chi connectivity index (χ3n) is 3.17. The number of halogens is 1. The molecule has 0 aliphatic rings. The molecule has 0 saturated carbocycles. The maximum Gasteiger partial charge on any atom is 0.258 e. The largest absolute Gasteiger partial charge is 0.322 e. The summed E-state index contributed by atoms with van der Waals surface area (Å²) in [6.07, 6.45) is 1.53. The molecule has 0 spiro atoms. The molecule has 0 aliphatic carbocycles. The Balaban J connectivity index is 1.68. The first kappa shape index (κ1) is 15.8. The third kappa shape index (κ3) is 4.02. The Bertz CT molecular complexity index is 864. The second-order valence-electron chi connectivity index (χ2n) is 4.88. The summed E-state index contributed by atoms with van der Waals surface area (Å²) in [7, 11) is 0. The minimum Gasteiger partial charge on any atom is -0.322 e. The molecule has 0 bridgehead atoms. The van der Waals surface area contributed by atoms with Crippen LogP contribution in [0.15, 0.2) is 83.2 Å². The fraction of sp³-hybridized carbons (Fsp3) is 0. The van der Waals surface area contributed by atoms with Crippen molar-refractivity contribution in [2.75, 3.05) is 5.32 Å². The number of pyridine rings is 1. The first-order chi connectivity index (χ1) is 11.7. The first-order valence-corrected chi connectivity index (χ1v) is 7.59. The molecule has 0 unspecified atom stereocenters. The van der Waals surface area contributed by atoms with E-state index in [-0.39, 0.29) is 11.1 Å². The molecule has 0 saturated heterocycles. The number of anilines is 1. The highest BCUT2D eigenvalue weighted by atomic mass is 35.5. The Morgan fingerprint density at radius 1 is 0.875 bits per heavy atom. The number of nitrogens with zero attached hydrogens (tertiary/aromatic N) is 3. The molecule has 3 aromatic rings. The van der Waals surface area contributed by atoms with Crippen molar-refractivity contribution in [1.29, 1.82) is 0 Å². The van der Waals surface area contributed by atoms with Crippen LogP contribution in [0, 0.1) is 0 Å². The van der Waals surface area contributed by atoms with Crippen LogP contribution in [0.2, 0.25) is 5.15 Å². The van der Waals surface area contributed by atoms with Crippen LogP contribution in [-0.2, 0) is 0 Å². The number of carbonyl (C=O) groups is 1. The second-order valence-corrected chi connectivity index (χ2v) is 5.24. The summed E-state index contributed by atoms with van der Waals surface area (Å²) >= 11 is 5.91. The fourth-order valence-electron chi connectivity index (χ4n) is 1.98. The number of aromatic nitrogens is 1. The number of azo groups is 1. The second kappa shape index (κ2) is 7.48. The number of carbonyl (C=O) groups excluding carboxylic acids is 1. The molecule has 1 N–H and O–H groups in total. The predicted octanol–water partition coefficient (Wildman–Crippen LogP) is 5.40. The molecular weight excluding hydrogens is 324 g/mol. The van der Waals surface area contributed by atoms with E-state index in [4.69, 9.17) is 11.6 Å². The molecule has 2 aromatic carbocycles. The molecule has 6 heteroatoms. The number of hydrogen-bond acceptors (Lipinski definition) is 4. The van der Waals surface area contributed by atoms with Crippen LogP contribution in [0.5, 0.6) is 0 Å². The van der Waals surface area contributed by atoms with Crippen molar-refractivity contribution >= 4 is 34.6 Å². The number of hydrogen-bond donors (Lipinski definition) is 1. The van der Waals surface area contributed by atoms with Crippen molar-refractivity contribution in [2.24, 2.45) is 10.2 Å². The summed E-state index contributed by atoms with van der Waals surface area (Å²) in [5, 5.41) is 11.2. The summed E-state index contributed by atoms with van der Waals surface area (Å²) < 4.78 is 0. The van der Waals surface area contributed by atoms with E-state index >= 15 is 0 Å². The smallest absolute Gasteiger partial charge is 0.258 e. The van der Waals surface area contributed by atoms with Crippen molar-refractivity contribution < 1.29 is 4.79 Å². The van der Waals surface area contributed by atoms with Crippen molar-refractivity contribution in [3.05, 3.63) is 83.6 Å². The molecule has 24 heavy (non-hydrogen) atoms. The van der Waals surface area contributed by atoms with Gasteiger partial charge in [-0.1, -0.05) is 29.8 Å². The zero-order valence-corrected chi connectivity index (χ0v) is 13.3. The van der Waals surface area contributed by atoms with Gasteiger partial charge in [0.05, 0.1) is 16.9 Å². The zero-order valence-electron chi connectivity index (χ0n) is 12.6. The molecule has 0 atom stereocenters. The molecule has 5 nitrogen and oxygen atoms in total. The lowest BCUT2D eigenvalue weighted by atomic mass is 10.2. The zero-order chi connectivity index (χ0) is 16.8. The lowest BCUT2D eigenvalue weighted by molar-refractivity contribution is 0.102. The van der Waals surface area contributed by atoms with Gasteiger partial charge in [-0.2, -0.15) is 10.2 Å². The van der Waals surface area contributed by atoms with Crippen LogP contribution in [0.3, 0.4) is 0 Å². The molecule has 0 radical (unpaired) electrons. The lowest BCUT2D eigenvalue weighted by Crippen LogP contribution is -2.12. The summed E-state index contributed by atoms with van der Waals surface area (Å²) in [5.74, 6) is -0.313. The van der Waals surface area contributed by atoms with Crippen LogP contribution in [-0.4, -0.2) is 10.9 Å². The number of amides is 1. The van der Waals surface area contributed by atoms with Gasteiger partial charge < -0.3 is 5.32 Å². The topological polar surface area (TPSA) is 66.7 Å². The van der Waals surface area contributed by atoms with Gasteiger partial charge in [-0.15, -0.1) is 0 Å². The molecule has 1 heterocycles. The minimum atomic E-state index is -0.313. The Hall–Kier alpha value is -3.05. The summed E-state index contributed by atoms with van der Waals surface area (Å²) in [5.41, 5.74) is 2.43. The van der Waals surface area contributed by atoms with Gasteiger partial charge >= 0.3 is 0 Å². The van der Waals surface area contributed by atoms with E-state index in [0.29, 0.717) is 16.9 Å². The van der Waals surface area contributed by atoms with Crippen molar-refractivity contribution in [1.82, 2.24) is 4.98 Å². The van der Waals surface area contributed by atoms with Crippen LogP contribution < -0.4 is 5.32 Å². The average molecular weight is 337 g/mol. The van der Waals surface area contributed by atoms with Crippen LogP contribution in [0.1, 0.15) is 10.4 Å². The van der Waals surface area contributed by atoms with Gasteiger partial charge in [0.25, 0.3) is 5.91 Å². The third-order valence-corrected chi connectivity index (χ3v) is 3.47. The van der Waals surface area contributed by atoms with E-state index in [0.717, 1.165) is 5.69 Å². The molecule has 1 aromatic heterocycles. The van der Waals surface area contributed by atoms with E-state index in [1.807, 2.05) is 30.3 Å². The Labute approximate surface area is 144 Å². The average Bonchev–Trinajstić information content (AvgIpc) is 2.62. The monoisotopic (exact) mass is 336 g/mol. The van der Waals surface area contributed by atoms with Gasteiger partial charge in [-0.05, 0) is 48.5 Å². The van der Waals surface area contributed by atoms with Gasteiger partial charge in [0.2, 0.25) is 0 Å². The highest BCUT2D eigenvalue weighted by molar-refractivity contribution is 6.33. The number of nitrogens with one attached hydrogen (secondary N) is 1. The van der Waals surface area contributed by atoms with E-state index in [1.54, 1.807) is 36.4 Å². The number of benzene rings is 2. The normalized spacial score (nSPS) is 10.7. The van der Waals surface area contributed by atoms with Gasteiger partial charge in [0.1, 0.15) is 5.15 Å². The van der Waals surface area contributed by atoms with Crippen molar-refractivity contribution in [3.8, 4) is 0 Å². The quantitative estimate of drug-likeness (QED) is 0.511. The standard InChI is InChI=1S/C18H13ClN4O/c19-17-16(7-4-12-20-17)18(24)21-13-8-10-15(11-9-13)23-22-14-5-2-1-3-6-14/h1-12H,(H,21,24). The highest BCUT2D eigenvalue weighted by Crippen LogP contribution is 2.21. The van der Waals surface area contributed by atoms with Gasteiger partial charge in [-0.25, -0.2) is 4.98 Å². The Kier molecular flexibility index (Phi) is 4.93. The van der Waals surface area contributed by atoms with Crippen LogP contribution in [0.25, 0.3) is 0 Å². The maximum absolute atomic E-state index is 12.2. The highest BCUT2D eigenvalue weighted by Gasteiger charge is 2.10.